The van der Waals surface area contributed by atoms with Gasteiger partial charge in [-0.05, 0) is 31.9 Å². The molecule has 1 aliphatic heterocycles. The van der Waals surface area contributed by atoms with E-state index in [4.69, 9.17) is 4.74 Å². The molecule has 0 aromatic heterocycles. The third-order valence-electron chi connectivity index (χ3n) is 3.23. The SMILES string of the molecule is C=CCOC(=O)[C@@]1(C(=C)C)CCCN1CC=C. The van der Waals surface area contributed by atoms with Gasteiger partial charge >= 0.3 is 5.97 Å². The molecule has 0 spiro atoms. The Bertz CT molecular complexity index is 335. The smallest absolute Gasteiger partial charge is 0.331 e. The van der Waals surface area contributed by atoms with E-state index in [1.54, 1.807) is 6.08 Å². The monoisotopic (exact) mass is 235 g/mol. The van der Waals surface area contributed by atoms with Crippen molar-refractivity contribution >= 4 is 5.97 Å². The normalized spacial score (nSPS) is 24.3. The van der Waals surface area contributed by atoms with Gasteiger partial charge in [-0.2, -0.15) is 0 Å². The van der Waals surface area contributed by atoms with Crippen molar-refractivity contribution < 1.29 is 9.53 Å². The van der Waals surface area contributed by atoms with Crippen LogP contribution in [0.2, 0.25) is 0 Å². The van der Waals surface area contributed by atoms with Gasteiger partial charge in [0.15, 0.2) is 0 Å². The summed E-state index contributed by atoms with van der Waals surface area (Å²) in [6, 6.07) is 0. The van der Waals surface area contributed by atoms with Gasteiger partial charge in [-0.15, -0.1) is 6.58 Å². The van der Waals surface area contributed by atoms with Crippen LogP contribution in [0.15, 0.2) is 37.5 Å². The minimum atomic E-state index is -0.669. The summed E-state index contributed by atoms with van der Waals surface area (Å²) in [4.78, 5) is 14.3. The van der Waals surface area contributed by atoms with E-state index >= 15 is 0 Å². The van der Waals surface area contributed by atoms with E-state index in [-0.39, 0.29) is 12.6 Å². The lowest BCUT2D eigenvalue weighted by atomic mass is 9.88. The average Bonchev–Trinajstić information content (AvgIpc) is 2.71. The van der Waals surface area contributed by atoms with E-state index in [1.807, 2.05) is 13.0 Å². The van der Waals surface area contributed by atoms with Crippen LogP contribution in [0.5, 0.6) is 0 Å². The largest absolute Gasteiger partial charge is 0.460 e. The van der Waals surface area contributed by atoms with Gasteiger partial charge in [0.05, 0.1) is 0 Å². The van der Waals surface area contributed by atoms with Crippen molar-refractivity contribution in [1.29, 1.82) is 0 Å². The highest BCUT2D eigenvalue weighted by Crippen LogP contribution is 2.36. The highest BCUT2D eigenvalue weighted by atomic mass is 16.5. The zero-order valence-corrected chi connectivity index (χ0v) is 10.6. The Kier molecular flexibility index (Phi) is 4.70. The molecule has 0 amide bonds. The molecule has 1 heterocycles. The van der Waals surface area contributed by atoms with Gasteiger partial charge in [0.1, 0.15) is 12.1 Å². The molecule has 0 radical (unpaired) electrons. The molecule has 1 aliphatic rings. The van der Waals surface area contributed by atoms with Crippen molar-refractivity contribution in [2.24, 2.45) is 0 Å². The molecular formula is C14H21NO2. The Hall–Kier alpha value is -1.35. The van der Waals surface area contributed by atoms with Gasteiger partial charge in [-0.1, -0.05) is 25.3 Å². The second-order valence-corrected chi connectivity index (χ2v) is 4.37. The molecule has 94 valence electrons. The maximum atomic E-state index is 12.2. The maximum Gasteiger partial charge on any atom is 0.331 e. The Morgan fingerprint density at radius 1 is 1.47 bits per heavy atom. The van der Waals surface area contributed by atoms with Crippen molar-refractivity contribution in [2.45, 2.75) is 25.3 Å². The number of carbonyl (C=O) groups is 1. The highest BCUT2D eigenvalue weighted by molar-refractivity contribution is 5.85. The van der Waals surface area contributed by atoms with Crippen LogP contribution in [0.1, 0.15) is 19.8 Å². The molecule has 3 nitrogen and oxygen atoms in total. The summed E-state index contributed by atoms with van der Waals surface area (Å²) in [5.74, 6) is -0.218. The van der Waals surface area contributed by atoms with Gasteiger partial charge < -0.3 is 4.74 Å². The molecule has 0 bridgehead atoms. The Morgan fingerprint density at radius 3 is 2.71 bits per heavy atom. The van der Waals surface area contributed by atoms with Crippen molar-refractivity contribution in [3.63, 3.8) is 0 Å². The molecule has 0 aliphatic carbocycles. The molecule has 0 aromatic rings. The van der Waals surface area contributed by atoms with E-state index in [1.165, 1.54) is 0 Å². The van der Waals surface area contributed by atoms with Gasteiger partial charge in [0.2, 0.25) is 0 Å². The maximum absolute atomic E-state index is 12.2. The van der Waals surface area contributed by atoms with Gasteiger partial charge in [0, 0.05) is 6.54 Å². The fourth-order valence-electron chi connectivity index (χ4n) is 2.42. The van der Waals surface area contributed by atoms with E-state index in [9.17, 15) is 4.79 Å². The average molecular weight is 235 g/mol. The Labute approximate surface area is 103 Å². The Balaban J connectivity index is 2.95. The number of esters is 1. The third kappa shape index (κ3) is 2.50. The Morgan fingerprint density at radius 2 is 2.18 bits per heavy atom. The molecule has 0 aromatic carbocycles. The van der Waals surface area contributed by atoms with Crippen LogP contribution in [0.4, 0.5) is 0 Å². The number of hydrogen-bond donors (Lipinski definition) is 0. The lowest BCUT2D eigenvalue weighted by Gasteiger charge is -2.36. The summed E-state index contributed by atoms with van der Waals surface area (Å²) in [6.45, 7) is 14.9. The van der Waals surface area contributed by atoms with E-state index in [2.05, 4.69) is 24.6 Å². The zero-order chi connectivity index (χ0) is 12.9. The van der Waals surface area contributed by atoms with E-state index < -0.39 is 5.54 Å². The molecule has 1 atom stereocenters. The fourth-order valence-corrected chi connectivity index (χ4v) is 2.42. The number of likely N-dealkylation sites (tertiary alicyclic amines) is 1. The number of hydrogen-bond acceptors (Lipinski definition) is 3. The van der Waals surface area contributed by atoms with Crippen molar-refractivity contribution in [1.82, 2.24) is 4.90 Å². The summed E-state index contributed by atoms with van der Waals surface area (Å²) < 4.78 is 5.22. The van der Waals surface area contributed by atoms with Crippen LogP contribution >= 0.6 is 0 Å². The predicted molar refractivity (Wildman–Crippen MR) is 69.7 cm³/mol. The molecule has 0 N–H and O–H groups in total. The van der Waals surface area contributed by atoms with E-state index in [0.717, 1.165) is 25.0 Å². The molecule has 1 saturated heterocycles. The van der Waals surface area contributed by atoms with Gasteiger partial charge in [-0.25, -0.2) is 4.79 Å². The van der Waals surface area contributed by atoms with Crippen LogP contribution < -0.4 is 0 Å². The fraction of sp³-hybridized carbons (Fsp3) is 0.500. The van der Waals surface area contributed by atoms with Crippen LogP contribution in [0.25, 0.3) is 0 Å². The molecule has 17 heavy (non-hydrogen) atoms. The first-order valence-electron chi connectivity index (χ1n) is 5.89. The molecule has 0 unspecified atom stereocenters. The first kappa shape index (κ1) is 13.7. The molecule has 3 heteroatoms. The summed E-state index contributed by atoms with van der Waals surface area (Å²) in [5, 5.41) is 0. The minimum Gasteiger partial charge on any atom is -0.460 e. The van der Waals surface area contributed by atoms with Crippen LogP contribution in [0, 0.1) is 0 Å². The quantitative estimate of drug-likeness (QED) is 0.522. The first-order chi connectivity index (χ1) is 8.09. The lowest BCUT2D eigenvalue weighted by molar-refractivity contribution is -0.152. The topological polar surface area (TPSA) is 29.5 Å². The van der Waals surface area contributed by atoms with Crippen LogP contribution in [-0.4, -0.2) is 36.1 Å². The molecule has 1 fully saturated rings. The summed E-state index contributed by atoms with van der Waals surface area (Å²) in [5.41, 5.74) is 0.169. The zero-order valence-electron chi connectivity index (χ0n) is 10.6. The van der Waals surface area contributed by atoms with E-state index in [0.29, 0.717) is 6.54 Å². The number of carbonyl (C=O) groups excluding carboxylic acids is 1. The van der Waals surface area contributed by atoms with Crippen LogP contribution in [-0.2, 0) is 9.53 Å². The van der Waals surface area contributed by atoms with Crippen molar-refractivity contribution in [2.75, 3.05) is 19.7 Å². The van der Waals surface area contributed by atoms with Gasteiger partial charge in [0.25, 0.3) is 0 Å². The van der Waals surface area contributed by atoms with Gasteiger partial charge in [-0.3, -0.25) is 4.90 Å². The standard InChI is InChI=1S/C14H21NO2/c1-5-9-15-10-7-8-14(15,12(3)4)13(16)17-11-6-2/h5-6H,1-3,7-11H2,4H3/t14-/m0/s1. The van der Waals surface area contributed by atoms with Crippen molar-refractivity contribution in [3.05, 3.63) is 37.5 Å². The molecule has 0 saturated carbocycles. The second-order valence-electron chi connectivity index (χ2n) is 4.37. The summed E-state index contributed by atoms with van der Waals surface area (Å²) in [6.07, 6.45) is 5.14. The summed E-state index contributed by atoms with van der Waals surface area (Å²) >= 11 is 0. The summed E-state index contributed by atoms with van der Waals surface area (Å²) in [7, 11) is 0. The van der Waals surface area contributed by atoms with Crippen molar-refractivity contribution in [3.8, 4) is 0 Å². The highest BCUT2D eigenvalue weighted by Gasteiger charge is 2.48. The predicted octanol–water partition coefficient (Wildman–Crippen LogP) is 2.31. The minimum absolute atomic E-state index is 0.218. The number of nitrogens with zero attached hydrogens (tertiary/aromatic N) is 1. The number of ether oxygens (including phenoxy) is 1. The van der Waals surface area contributed by atoms with Crippen LogP contribution in [0.3, 0.4) is 0 Å². The first-order valence-corrected chi connectivity index (χ1v) is 5.89. The lowest BCUT2D eigenvalue weighted by Crippen LogP contribution is -2.52. The number of rotatable bonds is 6. The third-order valence-corrected chi connectivity index (χ3v) is 3.23. The molecular weight excluding hydrogens is 214 g/mol. The molecule has 1 rings (SSSR count). The second kappa shape index (κ2) is 5.82.